The summed E-state index contributed by atoms with van der Waals surface area (Å²) in [7, 11) is 0. The highest BCUT2D eigenvalue weighted by molar-refractivity contribution is 6.34. The summed E-state index contributed by atoms with van der Waals surface area (Å²) >= 11 is 6.44. The summed E-state index contributed by atoms with van der Waals surface area (Å²) in [6.45, 7) is 1.01. The Morgan fingerprint density at radius 3 is 2.50 bits per heavy atom. The summed E-state index contributed by atoms with van der Waals surface area (Å²) in [5.74, 6) is -2.77. The van der Waals surface area contributed by atoms with Gasteiger partial charge in [-0.15, -0.1) is 0 Å². The van der Waals surface area contributed by atoms with Gasteiger partial charge in [-0.2, -0.15) is 23.0 Å². The van der Waals surface area contributed by atoms with Crippen LogP contribution in [0.3, 0.4) is 0 Å². The van der Waals surface area contributed by atoms with Crippen molar-refractivity contribution < 1.29 is 37.4 Å². The lowest BCUT2D eigenvalue weighted by atomic mass is 9.82. The molecule has 0 spiro atoms. The van der Waals surface area contributed by atoms with Crippen LogP contribution in [-0.2, 0) is 32.6 Å². The van der Waals surface area contributed by atoms with E-state index in [1.54, 1.807) is 0 Å². The van der Waals surface area contributed by atoms with Crippen molar-refractivity contribution in [1.82, 2.24) is 15.1 Å². The Hall–Kier alpha value is -3.18. The molecule has 0 bridgehead atoms. The van der Waals surface area contributed by atoms with Crippen molar-refractivity contribution in [3.05, 3.63) is 57.4 Å². The van der Waals surface area contributed by atoms with Crippen molar-refractivity contribution in [1.29, 1.82) is 0 Å². The molecule has 2 unspecified atom stereocenters. The molecular weight excluding hydrogens is 575 g/mol. The predicted octanol–water partition coefficient (Wildman–Crippen LogP) is 5.10. The average molecular weight is 606 g/mol. The molecular formula is C30H31ClF3N3O5. The highest BCUT2D eigenvalue weighted by Crippen LogP contribution is 2.60. The Bertz CT molecular complexity index is 1470. The van der Waals surface area contributed by atoms with Gasteiger partial charge in [0.2, 0.25) is 5.91 Å². The van der Waals surface area contributed by atoms with Gasteiger partial charge in [0.15, 0.2) is 0 Å². The Labute approximate surface area is 245 Å². The molecule has 12 heteroatoms. The molecule has 1 aliphatic heterocycles. The highest BCUT2D eigenvalue weighted by atomic mass is 35.5. The summed E-state index contributed by atoms with van der Waals surface area (Å²) < 4.78 is 49.1. The molecule has 1 aromatic heterocycles. The fraction of sp³-hybridized carbons (Fsp3) is 0.533. The number of carbonyl (C=O) groups excluding carboxylic acids is 2. The van der Waals surface area contributed by atoms with E-state index in [1.165, 1.54) is 18.2 Å². The number of benzene rings is 1. The zero-order valence-corrected chi connectivity index (χ0v) is 23.6. The van der Waals surface area contributed by atoms with Gasteiger partial charge in [-0.3, -0.25) is 14.4 Å². The van der Waals surface area contributed by atoms with Crippen LogP contribution < -0.4 is 5.32 Å². The minimum absolute atomic E-state index is 0.0849. The molecule has 1 amide bonds. The third-order valence-electron chi connectivity index (χ3n) is 9.21. The number of nitrogens with zero attached hydrogens (tertiary/aromatic N) is 2. The number of rotatable bonds is 6. The van der Waals surface area contributed by atoms with E-state index in [0.717, 1.165) is 15.8 Å². The number of carboxylic acid groups (broad SMARTS) is 1. The van der Waals surface area contributed by atoms with Crippen LogP contribution in [0.1, 0.15) is 77.8 Å². The fourth-order valence-electron chi connectivity index (χ4n) is 6.58. The second kappa shape index (κ2) is 10.8. The number of amides is 1. The van der Waals surface area contributed by atoms with E-state index in [4.69, 9.17) is 16.3 Å². The van der Waals surface area contributed by atoms with E-state index in [9.17, 15) is 32.7 Å². The third-order valence-corrected chi connectivity index (χ3v) is 9.53. The first-order chi connectivity index (χ1) is 20.0. The Balaban J connectivity index is 1.40. The van der Waals surface area contributed by atoms with Crippen LogP contribution in [0.5, 0.6) is 0 Å². The first-order valence-electron chi connectivity index (χ1n) is 14.3. The minimum atomic E-state index is -4.55. The van der Waals surface area contributed by atoms with Gasteiger partial charge in [-0.25, -0.2) is 0 Å². The third kappa shape index (κ3) is 5.04. The largest absolute Gasteiger partial charge is 0.481 e. The van der Waals surface area contributed by atoms with Gasteiger partial charge in [0, 0.05) is 24.5 Å². The molecule has 2 fully saturated rings. The number of halogens is 4. The van der Waals surface area contributed by atoms with Crippen molar-refractivity contribution in [2.45, 2.75) is 75.4 Å². The van der Waals surface area contributed by atoms with E-state index in [2.05, 4.69) is 10.4 Å². The van der Waals surface area contributed by atoms with Gasteiger partial charge in [0.1, 0.15) is 0 Å². The highest BCUT2D eigenvalue weighted by Gasteiger charge is 2.65. The van der Waals surface area contributed by atoms with Crippen LogP contribution in [-0.4, -0.2) is 58.1 Å². The molecule has 3 atom stereocenters. The van der Waals surface area contributed by atoms with Crippen molar-refractivity contribution in [2.24, 2.45) is 11.8 Å². The second-order valence-corrected chi connectivity index (χ2v) is 12.2. The summed E-state index contributed by atoms with van der Waals surface area (Å²) in [5, 5.41) is 17.0. The predicted molar refractivity (Wildman–Crippen MR) is 146 cm³/mol. The molecule has 42 heavy (non-hydrogen) atoms. The molecule has 6 rings (SSSR count). The summed E-state index contributed by atoms with van der Waals surface area (Å²) in [6.07, 6.45) is 0.0196. The molecule has 4 aliphatic rings. The maximum atomic E-state index is 14.2. The standard InChI is InChI=1S/C30H31ClF3N3O5/c31-22-3-1-2-21(29(11-12-29)30(32,33)34)24(22)27(39)37-23-14-18(26(38)35-19-10-13-42-15-19)8-9-20(23)25(36-37)16-4-6-17(7-5-16)28(40)41/h1-4,17-19H,5-15H2,(H,35,38)(H,40,41)/t17?,18?,19-/m1/s1. The number of nitrogens with one attached hydrogen (secondary N) is 1. The van der Waals surface area contributed by atoms with E-state index >= 15 is 0 Å². The van der Waals surface area contributed by atoms with E-state index in [1.807, 2.05) is 6.08 Å². The summed E-state index contributed by atoms with van der Waals surface area (Å²) in [6, 6.07) is 4.05. The summed E-state index contributed by atoms with van der Waals surface area (Å²) in [4.78, 5) is 38.9. The van der Waals surface area contributed by atoms with Gasteiger partial charge in [-0.05, 0) is 68.6 Å². The van der Waals surface area contributed by atoms with Crippen molar-refractivity contribution in [3.63, 3.8) is 0 Å². The molecule has 3 aliphatic carbocycles. The SMILES string of the molecule is O=C(O)C1CC=C(c2nn(C(=O)c3c(Cl)cccc3C3(C(F)(F)F)CC3)c3c2CCC(C(=O)N[C@@H]2CCOC2)C3)CC1. The number of ether oxygens (including phenoxy) is 1. The number of carboxylic acids is 1. The van der Waals surface area contributed by atoms with Crippen LogP contribution >= 0.6 is 11.6 Å². The molecule has 2 heterocycles. The first kappa shape index (κ1) is 28.9. The van der Waals surface area contributed by atoms with Crippen molar-refractivity contribution in [2.75, 3.05) is 13.2 Å². The first-order valence-corrected chi connectivity index (χ1v) is 14.7. The lowest BCUT2D eigenvalue weighted by Crippen LogP contribution is -2.41. The van der Waals surface area contributed by atoms with Crippen LogP contribution in [0, 0.1) is 11.8 Å². The Kier molecular flexibility index (Phi) is 7.45. The Morgan fingerprint density at radius 2 is 1.88 bits per heavy atom. The molecule has 8 nitrogen and oxygen atoms in total. The molecule has 2 aromatic rings. The van der Waals surface area contributed by atoms with E-state index in [-0.39, 0.29) is 47.4 Å². The molecule has 1 saturated heterocycles. The summed E-state index contributed by atoms with van der Waals surface area (Å²) in [5.41, 5.74) is 0.0539. The van der Waals surface area contributed by atoms with Crippen LogP contribution in [0.2, 0.25) is 5.02 Å². The lowest BCUT2D eigenvalue weighted by Gasteiger charge is -2.25. The molecule has 1 aromatic carbocycles. The second-order valence-electron chi connectivity index (χ2n) is 11.8. The van der Waals surface area contributed by atoms with Crippen LogP contribution in [0.15, 0.2) is 24.3 Å². The Morgan fingerprint density at radius 1 is 1.12 bits per heavy atom. The zero-order chi connectivity index (χ0) is 29.8. The average Bonchev–Trinajstić information content (AvgIpc) is 3.48. The lowest BCUT2D eigenvalue weighted by molar-refractivity contribution is -0.160. The monoisotopic (exact) mass is 605 g/mol. The minimum Gasteiger partial charge on any atom is -0.481 e. The fourth-order valence-corrected chi connectivity index (χ4v) is 6.83. The van der Waals surface area contributed by atoms with Gasteiger partial charge in [-0.1, -0.05) is 29.8 Å². The number of aromatic nitrogens is 2. The van der Waals surface area contributed by atoms with Gasteiger partial charge in [0.05, 0.1) is 46.0 Å². The van der Waals surface area contributed by atoms with E-state index in [0.29, 0.717) is 63.1 Å². The quantitative estimate of drug-likeness (QED) is 0.474. The maximum absolute atomic E-state index is 14.2. The number of allylic oxidation sites excluding steroid dienone is 2. The normalized spacial score (nSPS) is 25.0. The van der Waals surface area contributed by atoms with Crippen molar-refractivity contribution >= 4 is 35.0 Å². The number of fused-ring (bicyclic) bond motifs is 1. The molecule has 0 radical (unpaired) electrons. The van der Waals surface area contributed by atoms with Gasteiger partial charge >= 0.3 is 12.1 Å². The van der Waals surface area contributed by atoms with Crippen molar-refractivity contribution in [3.8, 4) is 0 Å². The van der Waals surface area contributed by atoms with E-state index < -0.39 is 35.3 Å². The zero-order valence-electron chi connectivity index (χ0n) is 22.8. The number of alkyl halides is 3. The number of hydrogen-bond acceptors (Lipinski definition) is 5. The van der Waals surface area contributed by atoms with Gasteiger partial charge in [0.25, 0.3) is 5.91 Å². The number of aliphatic carboxylic acids is 1. The molecule has 224 valence electrons. The molecule has 2 N–H and O–H groups in total. The maximum Gasteiger partial charge on any atom is 0.398 e. The van der Waals surface area contributed by atoms with Crippen LogP contribution in [0.4, 0.5) is 13.2 Å². The molecule has 1 saturated carbocycles. The van der Waals surface area contributed by atoms with Crippen LogP contribution in [0.25, 0.3) is 5.57 Å². The smallest absolute Gasteiger partial charge is 0.398 e. The topological polar surface area (TPSA) is 111 Å². The van der Waals surface area contributed by atoms with Gasteiger partial charge < -0.3 is 15.2 Å². The number of carbonyl (C=O) groups is 3. The number of hydrogen-bond donors (Lipinski definition) is 2.